The lowest BCUT2D eigenvalue weighted by molar-refractivity contribution is 0.219. The van der Waals surface area contributed by atoms with Crippen molar-refractivity contribution in [3.63, 3.8) is 0 Å². The summed E-state index contributed by atoms with van der Waals surface area (Å²) in [6, 6.07) is -0.0611. The minimum atomic E-state index is -0.0611. The van der Waals surface area contributed by atoms with Crippen LogP contribution in [0.1, 0.15) is 24.6 Å². The van der Waals surface area contributed by atoms with Crippen molar-refractivity contribution in [2.45, 2.75) is 18.9 Å². The van der Waals surface area contributed by atoms with E-state index in [2.05, 4.69) is 15.0 Å². The average Bonchev–Trinajstić information content (AvgIpc) is 2.74. The lowest BCUT2D eigenvalue weighted by Gasteiger charge is -2.20. The number of nitrogens with zero attached hydrogens (tertiary/aromatic N) is 2. The van der Waals surface area contributed by atoms with E-state index in [-0.39, 0.29) is 6.04 Å². The molecule has 0 spiro atoms. The number of nitrogens with two attached hydrogens (primary N) is 1. The van der Waals surface area contributed by atoms with Gasteiger partial charge in [-0.3, -0.25) is 5.84 Å². The second-order valence-corrected chi connectivity index (χ2v) is 3.71. The number of nitrogens with one attached hydrogen (secondary N) is 1. The molecule has 0 radical (unpaired) electrons. The molecule has 1 aromatic heterocycles. The van der Waals surface area contributed by atoms with Gasteiger partial charge in [0.15, 0.2) is 0 Å². The van der Waals surface area contributed by atoms with E-state index in [0.717, 1.165) is 30.7 Å². The van der Waals surface area contributed by atoms with Gasteiger partial charge in [-0.05, 0) is 29.9 Å². The van der Waals surface area contributed by atoms with Gasteiger partial charge in [-0.25, -0.2) is 5.43 Å². The van der Waals surface area contributed by atoms with Crippen LogP contribution in [0, 0.1) is 0 Å². The molecule has 2 rings (SSSR count). The van der Waals surface area contributed by atoms with Gasteiger partial charge in [0, 0.05) is 5.38 Å². The molecular formula is C8H12N4OS. The van der Waals surface area contributed by atoms with Crippen LogP contribution >= 0.6 is 11.5 Å². The maximum atomic E-state index is 5.49. The molecule has 1 atom stereocenters. The largest absolute Gasteiger partial charge is 0.501 e. The minimum Gasteiger partial charge on any atom is -0.501 e. The maximum absolute atomic E-state index is 5.49. The van der Waals surface area contributed by atoms with E-state index < -0.39 is 0 Å². The highest BCUT2D eigenvalue weighted by molar-refractivity contribution is 7.03. The first kappa shape index (κ1) is 9.57. The monoisotopic (exact) mass is 212 g/mol. The molecule has 5 nitrogen and oxygen atoms in total. The molecule has 1 aliphatic rings. The van der Waals surface area contributed by atoms with Crippen molar-refractivity contribution in [2.24, 2.45) is 5.84 Å². The summed E-state index contributed by atoms with van der Waals surface area (Å²) in [5.41, 5.74) is 4.72. The zero-order valence-electron chi connectivity index (χ0n) is 7.64. The molecule has 0 fully saturated rings. The highest BCUT2D eigenvalue weighted by Gasteiger charge is 2.19. The maximum Gasteiger partial charge on any atom is 0.0981 e. The normalized spacial score (nSPS) is 18.5. The fourth-order valence-electron chi connectivity index (χ4n) is 1.48. The molecule has 0 saturated heterocycles. The van der Waals surface area contributed by atoms with Crippen LogP contribution in [-0.2, 0) is 4.74 Å². The third kappa shape index (κ3) is 1.92. The van der Waals surface area contributed by atoms with Gasteiger partial charge in [0.25, 0.3) is 0 Å². The van der Waals surface area contributed by atoms with Crippen molar-refractivity contribution in [1.29, 1.82) is 0 Å². The molecule has 2 heterocycles. The van der Waals surface area contributed by atoms with Crippen LogP contribution in [0.3, 0.4) is 0 Å². The van der Waals surface area contributed by atoms with Crippen molar-refractivity contribution in [3.8, 4) is 0 Å². The van der Waals surface area contributed by atoms with Crippen molar-refractivity contribution in [2.75, 3.05) is 6.61 Å². The first-order valence-corrected chi connectivity index (χ1v) is 5.29. The summed E-state index contributed by atoms with van der Waals surface area (Å²) >= 11 is 1.32. The molecule has 0 aliphatic carbocycles. The van der Waals surface area contributed by atoms with Crippen LogP contribution in [-0.4, -0.2) is 16.2 Å². The second-order valence-electron chi connectivity index (χ2n) is 3.10. The molecule has 1 aromatic rings. The van der Waals surface area contributed by atoms with E-state index in [9.17, 15) is 0 Å². The molecule has 14 heavy (non-hydrogen) atoms. The topological polar surface area (TPSA) is 73.1 Å². The molecule has 0 amide bonds. The quantitative estimate of drug-likeness (QED) is 0.571. The first-order valence-electron chi connectivity index (χ1n) is 4.45. The number of hydrazine groups is 1. The summed E-state index contributed by atoms with van der Waals surface area (Å²) < 4.78 is 9.07. The summed E-state index contributed by atoms with van der Waals surface area (Å²) in [7, 11) is 0. The lowest BCUT2D eigenvalue weighted by Crippen LogP contribution is -2.30. The average molecular weight is 212 g/mol. The van der Waals surface area contributed by atoms with Gasteiger partial charge in [-0.2, -0.15) is 0 Å². The molecular weight excluding hydrogens is 200 g/mol. The zero-order valence-corrected chi connectivity index (χ0v) is 8.46. The standard InChI is InChI=1S/C8H12N4OS/c9-10-8(7-5-14-12-11-7)6-2-1-3-13-4-6/h4-5,8,10H,1-3,9H2. The number of hydrogen-bond acceptors (Lipinski definition) is 6. The predicted molar refractivity (Wildman–Crippen MR) is 53.2 cm³/mol. The van der Waals surface area contributed by atoms with E-state index in [1.54, 1.807) is 6.26 Å². The van der Waals surface area contributed by atoms with E-state index in [1.165, 1.54) is 11.5 Å². The van der Waals surface area contributed by atoms with Crippen molar-refractivity contribution >= 4 is 11.5 Å². The second kappa shape index (κ2) is 4.50. The van der Waals surface area contributed by atoms with Gasteiger partial charge >= 0.3 is 0 Å². The number of aromatic nitrogens is 2. The Hall–Kier alpha value is -0.980. The fourth-order valence-corrected chi connectivity index (χ4v) is 1.96. The van der Waals surface area contributed by atoms with E-state index in [1.807, 2.05) is 5.38 Å². The fraction of sp³-hybridized carbons (Fsp3) is 0.500. The Balaban J connectivity index is 2.16. The highest BCUT2D eigenvalue weighted by Crippen LogP contribution is 2.25. The predicted octanol–water partition coefficient (Wildman–Crippen LogP) is 0.737. The van der Waals surface area contributed by atoms with E-state index in [0.29, 0.717) is 0 Å². The first-order chi connectivity index (χ1) is 6.92. The lowest BCUT2D eigenvalue weighted by atomic mass is 10.0. The van der Waals surface area contributed by atoms with Crippen molar-refractivity contribution in [1.82, 2.24) is 15.0 Å². The van der Waals surface area contributed by atoms with Gasteiger partial charge in [0.2, 0.25) is 0 Å². The van der Waals surface area contributed by atoms with Crippen LogP contribution in [0.15, 0.2) is 17.2 Å². The molecule has 0 saturated carbocycles. The number of ether oxygens (including phenoxy) is 1. The van der Waals surface area contributed by atoms with Gasteiger partial charge in [0.1, 0.15) is 0 Å². The third-order valence-electron chi connectivity index (χ3n) is 2.17. The van der Waals surface area contributed by atoms with Gasteiger partial charge in [0.05, 0.1) is 24.6 Å². The Bertz CT molecular complexity index is 311. The van der Waals surface area contributed by atoms with Crippen LogP contribution < -0.4 is 11.3 Å². The van der Waals surface area contributed by atoms with Crippen LogP contribution in [0.4, 0.5) is 0 Å². The highest BCUT2D eigenvalue weighted by atomic mass is 32.1. The zero-order chi connectivity index (χ0) is 9.80. The molecule has 0 aromatic carbocycles. The van der Waals surface area contributed by atoms with Gasteiger partial charge < -0.3 is 4.74 Å². The number of hydrogen-bond donors (Lipinski definition) is 2. The third-order valence-corrected chi connectivity index (χ3v) is 2.70. The van der Waals surface area contributed by atoms with E-state index >= 15 is 0 Å². The summed E-state index contributed by atoms with van der Waals surface area (Å²) in [6.07, 6.45) is 3.79. The molecule has 3 N–H and O–H groups in total. The van der Waals surface area contributed by atoms with Gasteiger partial charge in [-0.15, -0.1) is 5.10 Å². The van der Waals surface area contributed by atoms with Crippen LogP contribution in [0.5, 0.6) is 0 Å². The molecule has 76 valence electrons. The van der Waals surface area contributed by atoms with Crippen LogP contribution in [0.2, 0.25) is 0 Å². The Morgan fingerprint density at radius 1 is 1.64 bits per heavy atom. The van der Waals surface area contributed by atoms with Crippen molar-refractivity contribution in [3.05, 3.63) is 22.9 Å². The Kier molecular flexibility index (Phi) is 3.07. The summed E-state index contributed by atoms with van der Waals surface area (Å²) in [5, 5.41) is 5.88. The molecule has 0 bridgehead atoms. The Morgan fingerprint density at radius 2 is 2.57 bits per heavy atom. The molecule has 6 heteroatoms. The molecule has 1 unspecified atom stereocenters. The number of rotatable bonds is 3. The SMILES string of the molecule is NNC(C1=COCCC1)c1csnn1. The summed E-state index contributed by atoms with van der Waals surface area (Å²) in [4.78, 5) is 0. The minimum absolute atomic E-state index is 0.0611. The smallest absolute Gasteiger partial charge is 0.0981 e. The Labute approximate surface area is 86.1 Å². The van der Waals surface area contributed by atoms with Crippen LogP contribution in [0.25, 0.3) is 0 Å². The van der Waals surface area contributed by atoms with E-state index in [4.69, 9.17) is 10.6 Å². The van der Waals surface area contributed by atoms with Crippen molar-refractivity contribution < 1.29 is 4.74 Å². The molecule has 1 aliphatic heterocycles. The summed E-state index contributed by atoms with van der Waals surface area (Å²) in [6.45, 7) is 0.788. The Morgan fingerprint density at radius 3 is 3.14 bits per heavy atom. The summed E-state index contributed by atoms with van der Waals surface area (Å²) in [5.74, 6) is 5.49. The van der Waals surface area contributed by atoms with Gasteiger partial charge in [-0.1, -0.05) is 4.49 Å².